The van der Waals surface area contributed by atoms with Crippen molar-refractivity contribution in [3.8, 4) is 11.5 Å². The Bertz CT molecular complexity index is 931. The highest BCUT2D eigenvalue weighted by Gasteiger charge is 2.26. The van der Waals surface area contributed by atoms with Gasteiger partial charge in [-0.25, -0.2) is 0 Å². The highest BCUT2D eigenvalue weighted by Crippen LogP contribution is 2.38. The third kappa shape index (κ3) is 6.55. The second-order valence-electron chi connectivity index (χ2n) is 9.47. The maximum atomic E-state index is 12.3. The van der Waals surface area contributed by atoms with E-state index < -0.39 is 0 Å². The van der Waals surface area contributed by atoms with Gasteiger partial charge in [0.05, 0.1) is 16.7 Å². The minimum absolute atomic E-state index is 0.00998. The largest absolute Gasteiger partial charge is 0.505 e. The van der Waals surface area contributed by atoms with Gasteiger partial charge < -0.3 is 15.2 Å². The summed E-state index contributed by atoms with van der Waals surface area (Å²) in [5.74, 6) is 0.518. The number of halogens is 2. The molecule has 1 amide bonds. The van der Waals surface area contributed by atoms with E-state index in [0.29, 0.717) is 25.1 Å². The lowest BCUT2D eigenvalue weighted by Crippen LogP contribution is -2.21. The number of hydrogen-bond acceptors (Lipinski definition) is 3. The molecule has 32 heavy (non-hydrogen) atoms. The molecule has 0 saturated carbocycles. The van der Waals surface area contributed by atoms with E-state index in [1.165, 1.54) is 23.3 Å². The molecule has 0 fully saturated rings. The monoisotopic (exact) mass is 479 g/mol. The van der Waals surface area contributed by atoms with Crippen LogP contribution in [-0.4, -0.2) is 17.6 Å². The van der Waals surface area contributed by atoms with Gasteiger partial charge in [0.1, 0.15) is 5.75 Å². The standard InChI is InChI=1S/C26H35Cl2NO3/c1-7-25(3,4)17-11-12-22(19(14-17)26(5,6)8-2)32-13-9-10-23(30)29-18-15-20(27)24(31)21(28)16-18/h11-12,14-16,31H,7-10,13H2,1-6H3,(H,29,30). The summed E-state index contributed by atoms with van der Waals surface area (Å²) < 4.78 is 6.13. The molecule has 0 spiro atoms. The van der Waals surface area contributed by atoms with E-state index in [-0.39, 0.29) is 32.5 Å². The first kappa shape index (κ1) is 26.3. The number of benzene rings is 2. The summed E-state index contributed by atoms with van der Waals surface area (Å²) in [5.41, 5.74) is 3.07. The minimum Gasteiger partial charge on any atom is -0.505 e. The van der Waals surface area contributed by atoms with Crippen molar-refractivity contribution >= 4 is 34.8 Å². The fraction of sp³-hybridized carbons (Fsp3) is 0.500. The van der Waals surface area contributed by atoms with Crippen LogP contribution in [0, 0.1) is 0 Å². The maximum Gasteiger partial charge on any atom is 0.224 e. The van der Waals surface area contributed by atoms with Crippen molar-refractivity contribution in [1.82, 2.24) is 0 Å². The van der Waals surface area contributed by atoms with E-state index >= 15 is 0 Å². The summed E-state index contributed by atoms with van der Waals surface area (Å²) in [5, 5.41) is 12.6. The Labute approximate surface area is 202 Å². The summed E-state index contributed by atoms with van der Waals surface area (Å²) in [7, 11) is 0. The van der Waals surface area contributed by atoms with E-state index in [1.54, 1.807) is 0 Å². The van der Waals surface area contributed by atoms with Crippen LogP contribution in [0.15, 0.2) is 30.3 Å². The molecule has 0 bridgehead atoms. The number of hydrogen-bond donors (Lipinski definition) is 2. The number of amides is 1. The minimum atomic E-state index is -0.195. The number of phenolic OH excluding ortho intramolecular Hbond substituents is 1. The molecular weight excluding hydrogens is 445 g/mol. The Kier molecular flexibility index (Phi) is 8.90. The van der Waals surface area contributed by atoms with Crippen LogP contribution in [0.2, 0.25) is 10.0 Å². The lowest BCUT2D eigenvalue weighted by Gasteiger charge is -2.30. The molecule has 0 heterocycles. The smallest absolute Gasteiger partial charge is 0.224 e. The van der Waals surface area contributed by atoms with Crippen molar-refractivity contribution < 1.29 is 14.6 Å². The second-order valence-corrected chi connectivity index (χ2v) is 10.3. The molecule has 0 saturated heterocycles. The SMILES string of the molecule is CCC(C)(C)c1ccc(OCCCC(=O)Nc2cc(Cl)c(O)c(Cl)c2)c(C(C)(C)CC)c1. The average Bonchev–Trinajstić information content (AvgIpc) is 2.74. The van der Waals surface area contributed by atoms with Gasteiger partial charge in [-0.3, -0.25) is 4.79 Å². The third-order valence-corrected chi connectivity index (χ3v) is 6.94. The highest BCUT2D eigenvalue weighted by molar-refractivity contribution is 6.37. The van der Waals surface area contributed by atoms with Crippen molar-refractivity contribution in [2.24, 2.45) is 0 Å². The number of ether oxygens (including phenoxy) is 1. The maximum absolute atomic E-state index is 12.3. The normalized spacial score (nSPS) is 12.0. The van der Waals surface area contributed by atoms with Gasteiger partial charge >= 0.3 is 0 Å². The van der Waals surface area contributed by atoms with Gasteiger partial charge in [-0.1, -0.05) is 76.9 Å². The summed E-state index contributed by atoms with van der Waals surface area (Å²) >= 11 is 11.8. The topological polar surface area (TPSA) is 58.6 Å². The fourth-order valence-electron chi connectivity index (χ4n) is 3.28. The van der Waals surface area contributed by atoms with Crippen LogP contribution in [0.4, 0.5) is 5.69 Å². The second kappa shape index (κ2) is 10.8. The molecule has 0 unspecified atom stereocenters. The van der Waals surface area contributed by atoms with E-state index in [2.05, 4.69) is 65.1 Å². The van der Waals surface area contributed by atoms with Crippen LogP contribution >= 0.6 is 23.2 Å². The predicted octanol–water partition coefficient (Wildman–Crippen LogP) is 7.87. The molecule has 2 aromatic carbocycles. The third-order valence-electron chi connectivity index (χ3n) is 6.36. The van der Waals surface area contributed by atoms with Gasteiger partial charge in [0.25, 0.3) is 0 Å². The quantitative estimate of drug-likeness (QED) is 0.269. The number of phenols is 1. The number of nitrogens with one attached hydrogen (secondary N) is 1. The number of anilines is 1. The zero-order valence-electron chi connectivity index (χ0n) is 19.9. The van der Waals surface area contributed by atoms with Crippen molar-refractivity contribution in [2.75, 3.05) is 11.9 Å². The van der Waals surface area contributed by atoms with Crippen molar-refractivity contribution in [2.45, 2.75) is 78.1 Å². The lowest BCUT2D eigenvalue weighted by atomic mass is 9.76. The summed E-state index contributed by atoms with van der Waals surface area (Å²) in [6.07, 6.45) is 2.93. The number of rotatable bonds is 10. The van der Waals surface area contributed by atoms with Crippen LogP contribution in [0.1, 0.15) is 78.4 Å². The van der Waals surface area contributed by atoms with Gasteiger partial charge in [0.15, 0.2) is 5.75 Å². The number of aromatic hydroxyl groups is 1. The van der Waals surface area contributed by atoms with E-state index in [4.69, 9.17) is 27.9 Å². The Morgan fingerprint density at radius 2 is 1.59 bits per heavy atom. The highest BCUT2D eigenvalue weighted by atomic mass is 35.5. The molecule has 0 aliphatic rings. The number of carbonyl (C=O) groups excluding carboxylic acids is 1. The summed E-state index contributed by atoms with van der Waals surface area (Å²) in [4.78, 5) is 12.3. The van der Waals surface area contributed by atoms with Crippen molar-refractivity contribution in [3.63, 3.8) is 0 Å². The van der Waals surface area contributed by atoms with E-state index in [9.17, 15) is 9.90 Å². The number of carbonyl (C=O) groups is 1. The Balaban J connectivity index is 2.02. The van der Waals surface area contributed by atoms with E-state index in [1.807, 2.05) is 0 Å². The molecule has 0 radical (unpaired) electrons. The zero-order valence-corrected chi connectivity index (χ0v) is 21.5. The Morgan fingerprint density at radius 3 is 2.16 bits per heavy atom. The first-order valence-corrected chi connectivity index (χ1v) is 11.9. The van der Waals surface area contributed by atoms with Crippen molar-refractivity contribution in [3.05, 3.63) is 51.5 Å². The van der Waals surface area contributed by atoms with Crippen LogP contribution in [0.5, 0.6) is 11.5 Å². The molecule has 2 N–H and O–H groups in total. The molecule has 0 aliphatic carbocycles. The fourth-order valence-corrected chi connectivity index (χ4v) is 3.76. The summed E-state index contributed by atoms with van der Waals surface area (Å²) in [6.45, 7) is 13.8. The van der Waals surface area contributed by atoms with Gasteiger partial charge in [-0.15, -0.1) is 0 Å². The van der Waals surface area contributed by atoms with Gasteiger partial charge in [-0.2, -0.15) is 0 Å². The first-order chi connectivity index (χ1) is 14.9. The van der Waals surface area contributed by atoms with Crippen LogP contribution < -0.4 is 10.1 Å². The van der Waals surface area contributed by atoms with Gasteiger partial charge in [-0.05, 0) is 53.9 Å². The predicted molar refractivity (Wildman–Crippen MR) is 135 cm³/mol. The molecule has 176 valence electrons. The summed E-state index contributed by atoms with van der Waals surface area (Å²) in [6, 6.07) is 9.44. The Hall–Kier alpha value is -1.91. The first-order valence-electron chi connectivity index (χ1n) is 11.2. The van der Waals surface area contributed by atoms with Crippen LogP contribution in [-0.2, 0) is 15.6 Å². The van der Waals surface area contributed by atoms with Crippen molar-refractivity contribution in [1.29, 1.82) is 0 Å². The Morgan fingerprint density at radius 1 is 1.00 bits per heavy atom. The molecular formula is C26H35Cl2NO3. The van der Waals surface area contributed by atoms with E-state index in [0.717, 1.165) is 18.6 Å². The van der Waals surface area contributed by atoms with Crippen LogP contribution in [0.3, 0.4) is 0 Å². The van der Waals surface area contributed by atoms with Gasteiger partial charge in [0.2, 0.25) is 5.91 Å². The molecule has 0 atom stereocenters. The average molecular weight is 480 g/mol. The molecule has 2 aromatic rings. The van der Waals surface area contributed by atoms with Gasteiger partial charge in [0, 0.05) is 17.7 Å². The lowest BCUT2D eigenvalue weighted by molar-refractivity contribution is -0.116. The molecule has 0 aliphatic heterocycles. The van der Waals surface area contributed by atoms with Crippen LogP contribution in [0.25, 0.3) is 0 Å². The molecule has 4 nitrogen and oxygen atoms in total. The zero-order chi connectivity index (χ0) is 24.1. The molecule has 6 heteroatoms. The molecule has 2 rings (SSSR count). The molecule has 0 aromatic heterocycles.